The van der Waals surface area contributed by atoms with Crippen LogP contribution in [0.3, 0.4) is 0 Å². The molecule has 0 bridgehead atoms. The van der Waals surface area contributed by atoms with Crippen molar-refractivity contribution in [1.29, 1.82) is 0 Å². The fourth-order valence-electron chi connectivity index (χ4n) is 4.16. The number of alkyl halides is 6. The fraction of sp³-hybridized carbons (Fsp3) is 0.0667. The molecule has 0 saturated carbocycles. The zero-order valence-electron chi connectivity index (χ0n) is 22.7. The Morgan fingerprint density at radius 3 is 1.52 bits per heavy atom. The Hall–Kier alpha value is -2.84. The molecule has 0 amide bonds. The van der Waals surface area contributed by atoms with E-state index in [1.54, 1.807) is 60.7 Å². The fourth-order valence-corrected chi connectivity index (χ4v) is 5.42. The van der Waals surface area contributed by atoms with Crippen molar-refractivity contribution in [2.45, 2.75) is 12.4 Å². The normalized spacial score (nSPS) is 11.6. The van der Waals surface area contributed by atoms with Crippen LogP contribution < -0.4 is 5.46 Å². The second-order valence-corrected chi connectivity index (χ2v) is 12.0. The quantitative estimate of drug-likeness (QED) is 0.104. The van der Waals surface area contributed by atoms with E-state index >= 15 is 0 Å². The van der Waals surface area contributed by atoms with Gasteiger partial charge in [-0.05, 0) is 64.5 Å². The molecule has 16 heteroatoms. The predicted octanol–water partition coefficient (Wildman–Crippen LogP) is 10.8. The molecule has 0 fully saturated rings. The van der Waals surface area contributed by atoms with Crippen LogP contribution in [0.2, 0.25) is 20.1 Å². The minimum absolute atomic E-state index is 0.336. The maximum absolute atomic E-state index is 12.7. The Kier molecular flexibility index (Phi) is 11.4. The molecule has 6 rings (SSSR count). The number of rotatable bonds is 2. The Morgan fingerprint density at radius 1 is 0.565 bits per heavy atom. The lowest BCUT2D eigenvalue weighted by molar-refractivity contribution is -0.141. The Labute approximate surface area is 286 Å². The largest absolute Gasteiger partial charge is 0.489 e. The molecule has 0 atom stereocenters. The van der Waals surface area contributed by atoms with E-state index in [-0.39, 0.29) is 0 Å². The average Bonchev–Trinajstić information content (AvgIpc) is 3.58. The molecule has 4 N–H and O–H groups in total. The summed E-state index contributed by atoms with van der Waals surface area (Å²) in [5.74, 6) is 0. The highest BCUT2D eigenvalue weighted by Gasteiger charge is 2.33. The van der Waals surface area contributed by atoms with E-state index in [1.807, 2.05) is 0 Å². The molecule has 0 aliphatic heterocycles. The number of aromatic amines is 2. The van der Waals surface area contributed by atoms with Crippen LogP contribution in [0.1, 0.15) is 11.4 Å². The third kappa shape index (κ3) is 8.74. The number of nitrogens with one attached hydrogen (secondary N) is 2. The zero-order valence-corrected chi connectivity index (χ0v) is 27.3. The van der Waals surface area contributed by atoms with E-state index in [1.165, 1.54) is 12.1 Å². The summed E-state index contributed by atoms with van der Waals surface area (Å²) in [7, 11) is -1.48. The SMILES string of the molecule is FC(F)(F)c1cc2cc(-c3ccccc3Cl)c(Cl)cc2[nH]1.FC(F)(F)c1cc2cc(Br)c(Cl)cc2[nH]1.OB(O)c1ccccc1Cl. The molecule has 46 heavy (non-hydrogen) atoms. The first kappa shape index (κ1) is 36.0. The molecular weight excluding hydrogens is 767 g/mol. The number of hydrogen-bond acceptors (Lipinski definition) is 2. The molecule has 2 aromatic heterocycles. The van der Waals surface area contributed by atoms with Crippen molar-refractivity contribution in [3.05, 3.63) is 121 Å². The van der Waals surface area contributed by atoms with Gasteiger partial charge < -0.3 is 20.0 Å². The van der Waals surface area contributed by atoms with Crippen LogP contribution in [-0.2, 0) is 12.4 Å². The van der Waals surface area contributed by atoms with Crippen molar-refractivity contribution in [2.75, 3.05) is 0 Å². The van der Waals surface area contributed by atoms with Gasteiger partial charge in [-0.3, -0.25) is 0 Å². The molecule has 6 aromatic rings. The van der Waals surface area contributed by atoms with Crippen LogP contribution in [0, 0.1) is 0 Å². The monoisotopic (exact) mass is 782 g/mol. The van der Waals surface area contributed by atoms with Crippen molar-refractivity contribution in [3.63, 3.8) is 0 Å². The van der Waals surface area contributed by atoms with E-state index in [0.29, 0.717) is 63.0 Å². The van der Waals surface area contributed by atoms with Gasteiger partial charge in [0.15, 0.2) is 0 Å². The molecule has 2 heterocycles. The van der Waals surface area contributed by atoms with Gasteiger partial charge >= 0.3 is 19.5 Å². The molecule has 0 aliphatic rings. The first-order valence-electron chi connectivity index (χ1n) is 12.8. The van der Waals surface area contributed by atoms with Gasteiger partial charge in [-0.1, -0.05) is 82.8 Å². The van der Waals surface area contributed by atoms with Gasteiger partial charge in [-0.15, -0.1) is 0 Å². The van der Waals surface area contributed by atoms with Gasteiger partial charge in [-0.2, -0.15) is 26.3 Å². The first-order chi connectivity index (χ1) is 21.5. The van der Waals surface area contributed by atoms with Crippen LogP contribution in [0.15, 0.2) is 89.4 Å². The van der Waals surface area contributed by atoms with Gasteiger partial charge in [0, 0.05) is 52.9 Å². The lowest BCUT2D eigenvalue weighted by Crippen LogP contribution is -2.30. The second-order valence-electron chi connectivity index (χ2n) is 9.51. The Morgan fingerprint density at radius 2 is 1.04 bits per heavy atom. The summed E-state index contributed by atoms with van der Waals surface area (Å²) in [6.07, 6.45) is -8.78. The molecule has 240 valence electrons. The van der Waals surface area contributed by atoms with E-state index < -0.39 is 30.9 Å². The van der Waals surface area contributed by atoms with Gasteiger partial charge in [-0.25, -0.2) is 0 Å². The van der Waals surface area contributed by atoms with Crippen LogP contribution in [-0.4, -0.2) is 27.1 Å². The van der Waals surface area contributed by atoms with Crippen molar-refractivity contribution in [2.24, 2.45) is 0 Å². The summed E-state index contributed by atoms with van der Waals surface area (Å²) < 4.78 is 75.8. The highest BCUT2D eigenvalue weighted by molar-refractivity contribution is 9.10. The summed E-state index contributed by atoms with van der Waals surface area (Å²) in [6, 6.07) is 21.8. The number of aromatic nitrogens is 2. The summed E-state index contributed by atoms with van der Waals surface area (Å²) in [5.41, 5.74) is 0.752. The van der Waals surface area contributed by atoms with Gasteiger partial charge in [0.25, 0.3) is 0 Å². The summed E-state index contributed by atoms with van der Waals surface area (Å²) >= 11 is 26.8. The molecule has 4 nitrogen and oxygen atoms in total. The van der Waals surface area contributed by atoms with Crippen LogP contribution in [0.25, 0.3) is 32.9 Å². The maximum Gasteiger partial charge on any atom is 0.489 e. The van der Waals surface area contributed by atoms with Crippen molar-refractivity contribution >= 4 is 96.7 Å². The maximum atomic E-state index is 12.7. The van der Waals surface area contributed by atoms with Crippen molar-refractivity contribution in [1.82, 2.24) is 9.97 Å². The summed E-state index contributed by atoms with van der Waals surface area (Å²) in [6.45, 7) is 0. The third-order valence-electron chi connectivity index (χ3n) is 6.33. The highest BCUT2D eigenvalue weighted by atomic mass is 79.9. The number of fused-ring (bicyclic) bond motifs is 2. The standard InChI is InChI=1S/C15H8Cl2F3N.C9H4BrClF3N.C6H6BClO2/c16-11-4-2-1-3-9(11)10-5-8-6-14(15(18,19)20)21-13(8)7-12(10)17;10-5-1-4-2-8(9(12,13)14)15-7(4)3-6(5)11;8-6-4-2-1-3-5(6)7(9)10/h1-7,21H;1-3,15H;1-4,9-10H. The molecule has 0 radical (unpaired) electrons. The number of halogens is 11. The van der Waals surface area contributed by atoms with Gasteiger partial charge in [0.05, 0.1) is 10.0 Å². The Balaban J connectivity index is 0.000000168. The van der Waals surface area contributed by atoms with Crippen LogP contribution >= 0.6 is 62.3 Å². The highest BCUT2D eigenvalue weighted by Crippen LogP contribution is 2.38. The number of benzene rings is 4. The zero-order chi connectivity index (χ0) is 34.0. The lowest BCUT2D eigenvalue weighted by Gasteiger charge is -2.07. The summed E-state index contributed by atoms with van der Waals surface area (Å²) in [4.78, 5) is 4.60. The van der Waals surface area contributed by atoms with Crippen molar-refractivity contribution < 1.29 is 36.4 Å². The van der Waals surface area contributed by atoms with Crippen molar-refractivity contribution in [3.8, 4) is 11.1 Å². The van der Waals surface area contributed by atoms with E-state index in [4.69, 9.17) is 56.5 Å². The molecule has 0 spiro atoms. The summed E-state index contributed by atoms with van der Waals surface area (Å²) in [5, 5.41) is 19.8. The van der Waals surface area contributed by atoms with E-state index in [9.17, 15) is 26.3 Å². The van der Waals surface area contributed by atoms with Crippen LogP contribution in [0.4, 0.5) is 26.3 Å². The van der Waals surface area contributed by atoms with Gasteiger partial charge in [0.1, 0.15) is 11.4 Å². The lowest BCUT2D eigenvalue weighted by atomic mass is 9.80. The molecular formula is C30H18BBrCl4F6N2O2. The van der Waals surface area contributed by atoms with Gasteiger partial charge in [0.2, 0.25) is 0 Å². The third-order valence-corrected chi connectivity index (χ3v) is 8.51. The number of H-pyrrole nitrogens is 2. The predicted molar refractivity (Wildman–Crippen MR) is 176 cm³/mol. The topological polar surface area (TPSA) is 72.0 Å². The molecule has 0 unspecified atom stereocenters. The van der Waals surface area contributed by atoms with E-state index in [2.05, 4.69) is 25.9 Å². The minimum atomic E-state index is -4.42. The van der Waals surface area contributed by atoms with Crippen LogP contribution in [0.5, 0.6) is 0 Å². The average molecular weight is 785 g/mol. The Bertz CT molecular complexity index is 1960. The minimum Gasteiger partial charge on any atom is -0.423 e. The molecule has 4 aromatic carbocycles. The molecule has 0 saturated heterocycles. The first-order valence-corrected chi connectivity index (χ1v) is 15.1. The second kappa shape index (κ2) is 14.5. The molecule has 0 aliphatic carbocycles. The number of hydrogen-bond donors (Lipinski definition) is 4. The van der Waals surface area contributed by atoms with E-state index in [0.717, 1.165) is 12.1 Å². The smallest absolute Gasteiger partial charge is 0.423 e.